The Morgan fingerprint density at radius 3 is 2.29 bits per heavy atom. The number of carbonyl (C=O) groups excluding carboxylic acids is 1. The van der Waals surface area contributed by atoms with E-state index in [1.54, 1.807) is 12.4 Å². The van der Waals surface area contributed by atoms with Gasteiger partial charge in [-0.15, -0.1) is 0 Å². The van der Waals surface area contributed by atoms with E-state index < -0.39 is 0 Å². The number of anilines is 2. The Bertz CT molecular complexity index is 814. The molecule has 0 aliphatic rings. The van der Waals surface area contributed by atoms with Gasteiger partial charge in [0, 0.05) is 35.9 Å². The van der Waals surface area contributed by atoms with Crippen LogP contribution >= 0.6 is 0 Å². The summed E-state index contributed by atoms with van der Waals surface area (Å²) in [6.45, 7) is 2.67. The third-order valence-corrected chi connectivity index (χ3v) is 3.78. The van der Waals surface area contributed by atoms with Crippen LogP contribution in [0.3, 0.4) is 0 Å². The van der Waals surface area contributed by atoms with Crippen molar-refractivity contribution in [2.24, 2.45) is 0 Å². The van der Waals surface area contributed by atoms with E-state index >= 15 is 0 Å². The molecule has 1 aromatic heterocycles. The Balaban J connectivity index is 1.60. The van der Waals surface area contributed by atoms with Gasteiger partial charge in [-0.1, -0.05) is 18.2 Å². The lowest BCUT2D eigenvalue weighted by Gasteiger charge is -2.10. The van der Waals surface area contributed by atoms with Crippen LogP contribution in [0, 0.1) is 6.92 Å². The Hall–Kier alpha value is -3.14. The number of benzene rings is 2. The Labute approximate surface area is 141 Å². The number of nitrogens with one attached hydrogen (secondary N) is 2. The minimum atomic E-state index is -0.0920. The van der Waals surface area contributed by atoms with Crippen LogP contribution in [-0.2, 0) is 6.54 Å². The predicted octanol–water partition coefficient (Wildman–Crippen LogP) is 4.25. The van der Waals surface area contributed by atoms with Gasteiger partial charge in [0.05, 0.1) is 0 Å². The normalized spacial score (nSPS) is 10.2. The lowest BCUT2D eigenvalue weighted by Crippen LogP contribution is -2.13. The molecule has 0 atom stereocenters. The average Bonchev–Trinajstić information content (AvgIpc) is 2.62. The second kappa shape index (κ2) is 7.42. The summed E-state index contributed by atoms with van der Waals surface area (Å²) in [5.74, 6) is -0.0920. The third kappa shape index (κ3) is 3.98. The highest BCUT2D eigenvalue weighted by atomic mass is 16.1. The molecule has 120 valence electrons. The summed E-state index contributed by atoms with van der Waals surface area (Å²) < 4.78 is 0. The van der Waals surface area contributed by atoms with Gasteiger partial charge < -0.3 is 10.6 Å². The Morgan fingerprint density at radius 1 is 0.917 bits per heavy atom. The van der Waals surface area contributed by atoms with Gasteiger partial charge in [0.2, 0.25) is 0 Å². The first-order valence-corrected chi connectivity index (χ1v) is 7.82. The predicted molar refractivity (Wildman–Crippen MR) is 97.1 cm³/mol. The zero-order chi connectivity index (χ0) is 16.8. The van der Waals surface area contributed by atoms with Gasteiger partial charge in [-0.05, 0) is 60.5 Å². The first-order chi connectivity index (χ1) is 11.7. The van der Waals surface area contributed by atoms with Crippen molar-refractivity contribution in [1.29, 1.82) is 0 Å². The summed E-state index contributed by atoms with van der Waals surface area (Å²) in [5, 5.41) is 6.27. The van der Waals surface area contributed by atoms with Gasteiger partial charge >= 0.3 is 0 Å². The third-order valence-electron chi connectivity index (χ3n) is 3.78. The van der Waals surface area contributed by atoms with Crippen molar-refractivity contribution < 1.29 is 4.79 Å². The quantitative estimate of drug-likeness (QED) is 0.739. The van der Waals surface area contributed by atoms with Crippen LogP contribution in [0.25, 0.3) is 0 Å². The zero-order valence-electron chi connectivity index (χ0n) is 13.5. The van der Waals surface area contributed by atoms with Crippen LogP contribution in [0.1, 0.15) is 21.5 Å². The molecular formula is C20H19N3O. The first-order valence-electron chi connectivity index (χ1n) is 7.82. The molecule has 0 bridgehead atoms. The van der Waals surface area contributed by atoms with Crippen molar-refractivity contribution in [3.8, 4) is 0 Å². The van der Waals surface area contributed by atoms with Crippen LogP contribution < -0.4 is 10.6 Å². The topological polar surface area (TPSA) is 54.0 Å². The highest BCUT2D eigenvalue weighted by molar-refractivity contribution is 6.05. The number of carbonyl (C=O) groups is 1. The number of nitrogens with zero attached hydrogens (tertiary/aromatic N) is 1. The van der Waals surface area contributed by atoms with Crippen LogP contribution in [0.2, 0.25) is 0 Å². The van der Waals surface area contributed by atoms with E-state index in [0.29, 0.717) is 5.56 Å². The van der Waals surface area contributed by atoms with E-state index in [2.05, 4.69) is 15.6 Å². The molecule has 0 spiro atoms. The Kier molecular flexibility index (Phi) is 4.87. The number of pyridine rings is 1. The van der Waals surface area contributed by atoms with Gasteiger partial charge in [-0.3, -0.25) is 9.78 Å². The molecular weight excluding hydrogens is 298 g/mol. The smallest absolute Gasteiger partial charge is 0.255 e. The minimum Gasteiger partial charge on any atom is -0.381 e. The second-order valence-corrected chi connectivity index (χ2v) is 5.56. The number of rotatable bonds is 5. The molecule has 4 heteroatoms. The lowest BCUT2D eigenvalue weighted by atomic mass is 10.1. The highest BCUT2D eigenvalue weighted by Gasteiger charge is 2.08. The molecule has 0 aliphatic carbocycles. The number of amides is 1. The number of aromatic nitrogens is 1. The summed E-state index contributed by atoms with van der Waals surface area (Å²) in [6.07, 6.45) is 3.56. The van der Waals surface area contributed by atoms with Crippen molar-refractivity contribution in [2.75, 3.05) is 10.6 Å². The molecule has 0 saturated heterocycles. The molecule has 4 nitrogen and oxygen atoms in total. The van der Waals surface area contributed by atoms with Crippen molar-refractivity contribution >= 4 is 17.3 Å². The first kappa shape index (κ1) is 15.7. The summed E-state index contributed by atoms with van der Waals surface area (Å²) in [6, 6.07) is 19.2. The zero-order valence-corrected chi connectivity index (χ0v) is 13.5. The van der Waals surface area contributed by atoms with E-state index in [0.717, 1.165) is 23.5 Å². The van der Waals surface area contributed by atoms with E-state index in [9.17, 15) is 4.79 Å². The molecule has 2 N–H and O–H groups in total. The van der Waals surface area contributed by atoms with Crippen LogP contribution in [0.5, 0.6) is 0 Å². The molecule has 24 heavy (non-hydrogen) atoms. The summed E-state index contributed by atoms with van der Waals surface area (Å²) in [5.41, 5.74) is 4.60. The maximum atomic E-state index is 12.3. The largest absolute Gasteiger partial charge is 0.381 e. The molecule has 1 amide bonds. The fraction of sp³-hybridized carbons (Fsp3) is 0.100. The van der Waals surface area contributed by atoms with Crippen LogP contribution in [0.4, 0.5) is 11.4 Å². The summed E-state index contributed by atoms with van der Waals surface area (Å²) >= 11 is 0. The summed E-state index contributed by atoms with van der Waals surface area (Å²) in [4.78, 5) is 16.3. The molecule has 3 rings (SSSR count). The second-order valence-electron chi connectivity index (χ2n) is 5.56. The fourth-order valence-corrected chi connectivity index (χ4v) is 2.40. The van der Waals surface area contributed by atoms with Gasteiger partial charge in [-0.25, -0.2) is 0 Å². The van der Waals surface area contributed by atoms with E-state index in [1.807, 2.05) is 67.6 Å². The summed E-state index contributed by atoms with van der Waals surface area (Å²) in [7, 11) is 0. The monoisotopic (exact) mass is 317 g/mol. The van der Waals surface area contributed by atoms with Gasteiger partial charge in [-0.2, -0.15) is 0 Å². The number of hydrogen-bond donors (Lipinski definition) is 2. The fourth-order valence-electron chi connectivity index (χ4n) is 2.40. The maximum absolute atomic E-state index is 12.3. The van der Waals surface area contributed by atoms with Crippen molar-refractivity contribution in [1.82, 2.24) is 4.98 Å². The van der Waals surface area contributed by atoms with E-state index in [1.165, 1.54) is 5.56 Å². The van der Waals surface area contributed by atoms with Crippen LogP contribution in [0.15, 0.2) is 73.1 Å². The molecule has 0 saturated carbocycles. The lowest BCUT2D eigenvalue weighted by molar-refractivity contribution is 0.102. The van der Waals surface area contributed by atoms with Crippen molar-refractivity contribution in [3.63, 3.8) is 0 Å². The van der Waals surface area contributed by atoms with E-state index in [-0.39, 0.29) is 5.91 Å². The highest BCUT2D eigenvalue weighted by Crippen LogP contribution is 2.16. The van der Waals surface area contributed by atoms with Gasteiger partial charge in [0.25, 0.3) is 5.91 Å². The van der Waals surface area contributed by atoms with Crippen LogP contribution in [-0.4, -0.2) is 10.9 Å². The van der Waals surface area contributed by atoms with E-state index in [4.69, 9.17) is 0 Å². The number of hydrogen-bond acceptors (Lipinski definition) is 3. The van der Waals surface area contributed by atoms with Gasteiger partial charge in [0.15, 0.2) is 0 Å². The molecule has 2 aromatic carbocycles. The molecule has 0 unspecified atom stereocenters. The van der Waals surface area contributed by atoms with Crippen molar-refractivity contribution in [2.45, 2.75) is 13.5 Å². The standard InChI is InChI=1S/C20H19N3O/c1-15-4-2-3-5-19(15)20(24)23-18-8-6-17(7-9-18)22-14-16-10-12-21-13-11-16/h2-13,22H,14H2,1H3,(H,23,24). The minimum absolute atomic E-state index is 0.0920. The molecule has 1 heterocycles. The maximum Gasteiger partial charge on any atom is 0.255 e. The number of aryl methyl sites for hydroxylation is 1. The van der Waals surface area contributed by atoms with Gasteiger partial charge in [0.1, 0.15) is 0 Å². The molecule has 3 aromatic rings. The SMILES string of the molecule is Cc1ccccc1C(=O)Nc1ccc(NCc2ccncc2)cc1. The molecule has 0 radical (unpaired) electrons. The average molecular weight is 317 g/mol. The molecule has 0 aliphatic heterocycles. The Morgan fingerprint density at radius 2 is 1.58 bits per heavy atom. The molecule has 0 fully saturated rings. The van der Waals surface area contributed by atoms with Crippen molar-refractivity contribution in [3.05, 3.63) is 89.7 Å².